The van der Waals surface area contributed by atoms with Gasteiger partial charge in [-0.1, -0.05) is 12.2 Å². The maximum atomic E-state index is 13.2. The first-order chi connectivity index (χ1) is 7.15. The van der Waals surface area contributed by atoms with Crippen LogP contribution in [-0.4, -0.2) is 6.54 Å². The Balaban J connectivity index is 2.68. The molecule has 1 aromatic carbocycles. The summed E-state index contributed by atoms with van der Waals surface area (Å²) < 4.78 is 26.4. The van der Waals surface area contributed by atoms with Crippen molar-refractivity contribution in [3.63, 3.8) is 0 Å². The number of hydrogen-bond acceptors (Lipinski definition) is 2. The number of benzene rings is 1. The Morgan fingerprint density at radius 3 is 2.47 bits per heavy atom. The molecule has 15 heavy (non-hydrogen) atoms. The summed E-state index contributed by atoms with van der Waals surface area (Å²) in [6.07, 6.45) is 4.53. The SMILES string of the molecule is C/C=C/CCNc1c(F)cc(N)cc1F. The van der Waals surface area contributed by atoms with Crippen LogP contribution in [0.5, 0.6) is 0 Å². The largest absolute Gasteiger partial charge is 0.399 e. The van der Waals surface area contributed by atoms with Gasteiger partial charge in [-0.05, 0) is 25.5 Å². The van der Waals surface area contributed by atoms with Gasteiger partial charge < -0.3 is 11.1 Å². The van der Waals surface area contributed by atoms with Crippen LogP contribution in [0.25, 0.3) is 0 Å². The number of halogens is 2. The van der Waals surface area contributed by atoms with Crippen molar-refractivity contribution in [2.75, 3.05) is 17.6 Å². The van der Waals surface area contributed by atoms with E-state index in [1.807, 2.05) is 19.1 Å². The third kappa shape index (κ3) is 3.23. The lowest BCUT2D eigenvalue weighted by Gasteiger charge is -2.08. The lowest BCUT2D eigenvalue weighted by molar-refractivity contribution is 0.589. The maximum absolute atomic E-state index is 13.2. The molecule has 0 saturated heterocycles. The Morgan fingerprint density at radius 2 is 1.93 bits per heavy atom. The van der Waals surface area contributed by atoms with Gasteiger partial charge in [-0.2, -0.15) is 0 Å². The van der Waals surface area contributed by atoms with Gasteiger partial charge in [0.2, 0.25) is 0 Å². The van der Waals surface area contributed by atoms with Gasteiger partial charge in [-0.25, -0.2) is 8.78 Å². The smallest absolute Gasteiger partial charge is 0.151 e. The molecule has 0 saturated carbocycles. The molecule has 3 N–H and O–H groups in total. The average molecular weight is 212 g/mol. The summed E-state index contributed by atoms with van der Waals surface area (Å²) >= 11 is 0. The number of nitrogen functional groups attached to an aromatic ring is 1. The molecule has 0 atom stereocenters. The van der Waals surface area contributed by atoms with Crippen LogP contribution in [0, 0.1) is 11.6 Å². The van der Waals surface area contributed by atoms with Crippen LogP contribution in [0.2, 0.25) is 0 Å². The number of allylic oxidation sites excluding steroid dienone is 1. The van der Waals surface area contributed by atoms with Crippen molar-refractivity contribution in [2.45, 2.75) is 13.3 Å². The standard InChI is InChI=1S/C11H14F2N2/c1-2-3-4-5-15-11-9(12)6-8(14)7-10(11)13/h2-3,6-7,15H,4-5,14H2,1H3/b3-2+. The van der Waals surface area contributed by atoms with Crippen molar-refractivity contribution in [1.82, 2.24) is 0 Å². The second kappa shape index (κ2) is 5.34. The zero-order valence-electron chi connectivity index (χ0n) is 8.56. The Labute approximate surface area is 87.8 Å². The molecule has 0 spiro atoms. The molecule has 0 aliphatic carbocycles. The minimum Gasteiger partial charge on any atom is -0.399 e. The van der Waals surface area contributed by atoms with Crippen molar-refractivity contribution < 1.29 is 8.78 Å². The highest BCUT2D eigenvalue weighted by atomic mass is 19.1. The van der Waals surface area contributed by atoms with Crippen molar-refractivity contribution in [3.05, 3.63) is 35.9 Å². The maximum Gasteiger partial charge on any atom is 0.151 e. The lowest BCUT2D eigenvalue weighted by atomic mass is 10.2. The minimum absolute atomic E-state index is 0.0870. The Kier molecular flexibility index (Phi) is 4.09. The summed E-state index contributed by atoms with van der Waals surface area (Å²) in [6, 6.07) is 2.20. The van der Waals surface area contributed by atoms with Gasteiger partial charge in [0.25, 0.3) is 0 Å². The van der Waals surface area contributed by atoms with E-state index in [0.29, 0.717) is 6.54 Å². The molecule has 0 radical (unpaired) electrons. The molecule has 0 aliphatic rings. The Morgan fingerprint density at radius 1 is 1.33 bits per heavy atom. The number of nitrogens with two attached hydrogens (primary N) is 1. The number of rotatable bonds is 4. The van der Waals surface area contributed by atoms with E-state index in [1.165, 1.54) is 0 Å². The van der Waals surface area contributed by atoms with Crippen LogP contribution >= 0.6 is 0 Å². The van der Waals surface area contributed by atoms with E-state index in [1.54, 1.807) is 0 Å². The van der Waals surface area contributed by atoms with E-state index in [0.717, 1.165) is 18.6 Å². The second-order valence-corrected chi connectivity index (χ2v) is 3.14. The highest BCUT2D eigenvalue weighted by Crippen LogP contribution is 2.21. The third-order valence-electron chi connectivity index (χ3n) is 1.91. The molecule has 1 rings (SSSR count). The van der Waals surface area contributed by atoms with E-state index in [2.05, 4.69) is 5.32 Å². The van der Waals surface area contributed by atoms with Gasteiger partial charge in [0.05, 0.1) is 0 Å². The van der Waals surface area contributed by atoms with Crippen LogP contribution in [0.3, 0.4) is 0 Å². The summed E-state index contributed by atoms with van der Waals surface area (Å²) in [5.74, 6) is -1.32. The summed E-state index contributed by atoms with van der Waals surface area (Å²) in [5, 5.41) is 2.69. The van der Waals surface area contributed by atoms with Gasteiger partial charge in [0.1, 0.15) is 5.69 Å². The Hall–Kier alpha value is -1.58. The predicted molar refractivity (Wildman–Crippen MR) is 58.7 cm³/mol. The van der Waals surface area contributed by atoms with E-state index in [-0.39, 0.29) is 11.4 Å². The van der Waals surface area contributed by atoms with Crippen LogP contribution < -0.4 is 11.1 Å². The van der Waals surface area contributed by atoms with E-state index < -0.39 is 11.6 Å². The topological polar surface area (TPSA) is 38.0 Å². The van der Waals surface area contributed by atoms with Crippen LogP contribution in [0.4, 0.5) is 20.2 Å². The first-order valence-corrected chi connectivity index (χ1v) is 4.74. The number of anilines is 2. The second-order valence-electron chi connectivity index (χ2n) is 3.14. The van der Waals surface area contributed by atoms with Gasteiger partial charge in [0, 0.05) is 12.2 Å². The average Bonchev–Trinajstić information content (AvgIpc) is 2.15. The molecule has 82 valence electrons. The molecule has 4 heteroatoms. The monoisotopic (exact) mass is 212 g/mol. The highest BCUT2D eigenvalue weighted by molar-refractivity contribution is 5.53. The minimum atomic E-state index is -0.659. The number of nitrogens with one attached hydrogen (secondary N) is 1. The third-order valence-corrected chi connectivity index (χ3v) is 1.91. The van der Waals surface area contributed by atoms with Crippen molar-refractivity contribution in [1.29, 1.82) is 0 Å². The van der Waals surface area contributed by atoms with Crippen LogP contribution in [0.15, 0.2) is 24.3 Å². The molecular formula is C11H14F2N2. The lowest BCUT2D eigenvalue weighted by Crippen LogP contribution is -2.05. The summed E-state index contributed by atoms with van der Waals surface area (Å²) in [5.41, 5.74) is 5.26. The summed E-state index contributed by atoms with van der Waals surface area (Å²) in [4.78, 5) is 0. The Bertz CT molecular complexity index is 339. The van der Waals surface area contributed by atoms with E-state index in [4.69, 9.17) is 5.73 Å². The van der Waals surface area contributed by atoms with Crippen molar-refractivity contribution >= 4 is 11.4 Å². The molecule has 0 bridgehead atoms. The molecule has 0 aromatic heterocycles. The fourth-order valence-corrected chi connectivity index (χ4v) is 1.21. The zero-order valence-corrected chi connectivity index (χ0v) is 8.56. The first kappa shape index (κ1) is 11.5. The summed E-state index contributed by atoms with van der Waals surface area (Å²) in [6.45, 7) is 2.38. The van der Waals surface area contributed by atoms with Gasteiger partial charge in [-0.15, -0.1) is 0 Å². The van der Waals surface area contributed by atoms with Crippen LogP contribution in [-0.2, 0) is 0 Å². The first-order valence-electron chi connectivity index (χ1n) is 4.74. The molecule has 0 amide bonds. The molecule has 0 aliphatic heterocycles. The number of hydrogen-bond donors (Lipinski definition) is 2. The molecule has 0 unspecified atom stereocenters. The van der Waals surface area contributed by atoms with Crippen LogP contribution in [0.1, 0.15) is 13.3 Å². The fourth-order valence-electron chi connectivity index (χ4n) is 1.21. The zero-order chi connectivity index (χ0) is 11.3. The van der Waals surface area contributed by atoms with Crippen molar-refractivity contribution in [2.24, 2.45) is 0 Å². The molecule has 0 heterocycles. The normalized spacial score (nSPS) is 10.9. The quantitative estimate of drug-likeness (QED) is 0.457. The molecular weight excluding hydrogens is 198 g/mol. The fraction of sp³-hybridized carbons (Fsp3) is 0.273. The van der Waals surface area contributed by atoms with E-state index >= 15 is 0 Å². The molecule has 1 aromatic rings. The van der Waals surface area contributed by atoms with Gasteiger partial charge >= 0.3 is 0 Å². The van der Waals surface area contributed by atoms with Gasteiger partial charge in [0.15, 0.2) is 11.6 Å². The van der Waals surface area contributed by atoms with Crippen molar-refractivity contribution in [3.8, 4) is 0 Å². The summed E-state index contributed by atoms with van der Waals surface area (Å²) in [7, 11) is 0. The van der Waals surface area contributed by atoms with E-state index in [9.17, 15) is 8.78 Å². The molecule has 2 nitrogen and oxygen atoms in total. The van der Waals surface area contributed by atoms with Gasteiger partial charge in [-0.3, -0.25) is 0 Å². The predicted octanol–water partition coefficient (Wildman–Crippen LogP) is 2.93. The molecule has 0 fully saturated rings. The highest BCUT2D eigenvalue weighted by Gasteiger charge is 2.08.